The summed E-state index contributed by atoms with van der Waals surface area (Å²) in [6.07, 6.45) is -14.4. The van der Waals surface area contributed by atoms with Crippen molar-refractivity contribution in [1.82, 2.24) is 5.32 Å². The Labute approximate surface area is 337 Å². The van der Waals surface area contributed by atoms with Crippen LogP contribution in [0.5, 0.6) is 0 Å². The highest BCUT2D eigenvalue weighted by molar-refractivity contribution is 5.94. The zero-order chi connectivity index (χ0) is 42.7. The van der Waals surface area contributed by atoms with E-state index in [1.807, 2.05) is 13.8 Å². The monoisotopic (exact) mass is 809 g/mol. The fourth-order valence-electron chi connectivity index (χ4n) is 10.1. The number of hydrogen-bond donors (Lipinski definition) is 7. The lowest BCUT2D eigenvalue weighted by molar-refractivity contribution is -0.370. The van der Waals surface area contributed by atoms with E-state index in [9.17, 15) is 49.8 Å². The fraction of sp³-hybridized carbons (Fsp3) is 0.581. The highest BCUT2D eigenvalue weighted by atomic mass is 16.6. The normalized spacial score (nSPS) is 36.1. The third kappa shape index (κ3) is 6.83. The van der Waals surface area contributed by atoms with Gasteiger partial charge in [-0.15, -0.1) is 0 Å². The summed E-state index contributed by atoms with van der Waals surface area (Å²) < 4.78 is 24.0. The second-order valence-corrected chi connectivity index (χ2v) is 17.4. The van der Waals surface area contributed by atoms with Gasteiger partial charge in [0.2, 0.25) is 0 Å². The highest BCUT2D eigenvalue weighted by Crippen LogP contribution is 2.65. The molecule has 1 aliphatic heterocycles. The van der Waals surface area contributed by atoms with Crippen molar-refractivity contribution in [1.29, 1.82) is 0 Å². The van der Waals surface area contributed by atoms with Gasteiger partial charge < -0.3 is 54.9 Å². The first kappa shape index (κ1) is 43.4. The number of benzene rings is 2. The minimum Gasteiger partial charge on any atom is -0.455 e. The molecule has 2 bridgehead atoms. The van der Waals surface area contributed by atoms with Gasteiger partial charge >= 0.3 is 17.9 Å². The van der Waals surface area contributed by atoms with Crippen LogP contribution in [-0.2, 0) is 28.5 Å². The Bertz CT molecular complexity index is 1920. The minimum atomic E-state index is -2.77. The molecular weight excluding hydrogens is 754 g/mol. The summed E-state index contributed by atoms with van der Waals surface area (Å²) in [5, 5.41) is 76.8. The van der Waals surface area contributed by atoms with Crippen molar-refractivity contribution >= 4 is 23.8 Å². The Morgan fingerprint density at radius 3 is 2.02 bits per heavy atom. The van der Waals surface area contributed by atoms with Gasteiger partial charge in [0.15, 0.2) is 17.8 Å². The first-order valence-electron chi connectivity index (χ1n) is 19.6. The average molecular weight is 810 g/mol. The van der Waals surface area contributed by atoms with E-state index in [1.54, 1.807) is 48.5 Å². The Hall–Kier alpha value is -4.22. The van der Waals surface area contributed by atoms with Gasteiger partial charge in [0.1, 0.15) is 30.0 Å². The molecule has 15 heteroatoms. The SMILES string of the molecule is CC(=O)O[C@@]12CO[C@@H]1C[C@H](O)[C@]1(C)C2[C@H](OC(=O)c2ccccc2)[C@]2(O)[C@@H](O)[C@H](OC(=O)[C@H](O)[C@H](CC(C)C)NC(=O)c3ccccc3)C(C)=C([C@@H](O)[C@H]1O)C2(C)C. The Morgan fingerprint density at radius 1 is 0.897 bits per heavy atom. The zero-order valence-corrected chi connectivity index (χ0v) is 33.7. The molecule has 15 nitrogen and oxygen atoms in total. The standard InChI is InChI=1S/C43H55NO14/c1-21(2)18-26(44-37(51)24-14-10-8-11-15-24)30(47)39(53)56-32-22(3)29-31(48)34(49)41(7)27(46)19-28-42(20-55-28,58-23(4)45)33(41)36(43(54,35(32)50)40(29,5)6)57-38(52)25-16-12-9-13-17-25/h8-17,21,26-28,30-36,46-50,54H,18-20H2,1-7H3,(H,44,51)/t26-,27-,28+,30+,31+,32+,33?,34+,35-,36-,41+,42-,43+/m0/s1. The van der Waals surface area contributed by atoms with Gasteiger partial charge in [-0.1, -0.05) is 71.0 Å². The molecule has 7 N–H and O–H groups in total. The van der Waals surface area contributed by atoms with Crippen LogP contribution in [0.25, 0.3) is 0 Å². The number of aliphatic hydroxyl groups excluding tert-OH is 5. The number of aliphatic hydroxyl groups is 6. The van der Waals surface area contributed by atoms with Crippen LogP contribution in [0.1, 0.15) is 82.0 Å². The van der Waals surface area contributed by atoms with Gasteiger partial charge in [-0.3, -0.25) is 9.59 Å². The van der Waals surface area contributed by atoms with E-state index in [1.165, 1.54) is 39.8 Å². The largest absolute Gasteiger partial charge is 0.455 e. The first-order chi connectivity index (χ1) is 27.1. The van der Waals surface area contributed by atoms with Gasteiger partial charge in [-0.2, -0.15) is 0 Å². The number of amides is 1. The van der Waals surface area contributed by atoms with Gasteiger partial charge in [0.05, 0.1) is 36.3 Å². The van der Waals surface area contributed by atoms with Gasteiger partial charge in [-0.05, 0) is 54.7 Å². The summed E-state index contributed by atoms with van der Waals surface area (Å²) in [6.45, 7) is 10.2. The zero-order valence-electron chi connectivity index (χ0n) is 33.7. The number of nitrogens with one attached hydrogen (secondary N) is 1. The lowest BCUT2D eigenvalue weighted by Gasteiger charge is -2.69. The van der Waals surface area contributed by atoms with Crippen LogP contribution in [0.2, 0.25) is 0 Å². The van der Waals surface area contributed by atoms with Crippen molar-refractivity contribution in [2.24, 2.45) is 22.7 Å². The molecule has 0 radical (unpaired) electrons. The van der Waals surface area contributed by atoms with E-state index in [-0.39, 0.29) is 47.6 Å². The smallest absolute Gasteiger partial charge is 0.338 e. The molecule has 1 unspecified atom stereocenters. The van der Waals surface area contributed by atoms with Crippen molar-refractivity contribution in [3.05, 3.63) is 82.9 Å². The fourth-order valence-corrected chi connectivity index (χ4v) is 10.1. The summed E-state index contributed by atoms with van der Waals surface area (Å²) in [6, 6.07) is 14.7. The van der Waals surface area contributed by atoms with Crippen LogP contribution in [0, 0.1) is 22.7 Å². The molecule has 3 aliphatic carbocycles. The van der Waals surface area contributed by atoms with Crippen LogP contribution >= 0.6 is 0 Å². The second kappa shape index (κ2) is 15.8. The molecular formula is C43H55NO14. The van der Waals surface area contributed by atoms with Crippen molar-refractivity contribution in [2.75, 3.05) is 6.61 Å². The summed E-state index contributed by atoms with van der Waals surface area (Å²) in [5.74, 6) is -5.34. The van der Waals surface area contributed by atoms with Crippen LogP contribution in [0.3, 0.4) is 0 Å². The average Bonchev–Trinajstić information content (AvgIpc) is 3.17. The van der Waals surface area contributed by atoms with E-state index >= 15 is 0 Å². The molecule has 6 rings (SSSR count). The van der Waals surface area contributed by atoms with Crippen molar-refractivity contribution in [3.63, 3.8) is 0 Å². The molecule has 13 atom stereocenters. The van der Waals surface area contributed by atoms with E-state index < -0.39 is 107 Å². The molecule has 2 aromatic rings. The molecule has 0 spiro atoms. The number of hydrogen-bond acceptors (Lipinski definition) is 14. The predicted octanol–water partition coefficient (Wildman–Crippen LogP) is 1.60. The molecule has 316 valence electrons. The highest BCUT2D eigenvalue weighted by Gasteiger charge is 2.79. The number of esters is 3. The van der Waals surface area contributed by atoms with E-state index in [4.69, 9.17) is 18.9 Å². The molecule has 1 saturated heterocycles. The lowest BCUT2D eigenvalue weighted by Crippen LogP contribution is -2.84. The Balaban J connectivity index is 1.50. The van der Waals surface area contributed by atoms with E-state index in [0.29, 0.717) is 0 Å². The van der Waals surface area contributed by atoms with Crippen molar-refractivity contribution in [2.45, 2.75) is 127 Å². The second-order valence-electron chi connectivity index (χ2n) is 17.4. The van der Waals surface area contributed by atoms with Gasteiger partial charge in [0, 0.05) is 29.7 Å². The first-order valence-corrected chi connectivity index (χ1v) is 19.6. The molecule has 4 aliphatic rings. The topological polar surface area (TPSA) is 239 Å². The quantitative estimate of drug-likeness (QED) is 0.103. The van der Waals surface area contributed by atoms with E-state index in [0.717, 1.165) is 6.92 Å². The third-order valence-corrected chi connectivity index (χ3v) is 13.2. The predicted molar refractivity (Wildman–Crippen MR) is 205 cm³/mol. The Kier molecular flexibility index (Phi) is 11.8. The summed E-state index contributed by atoms with van der Waals surface area (Å²) in [4.78, 5) is 54.2. The molecule has 3 fully saturated rings. The molecule has 2 aromatic carbocycles. The lowest BCUT2D eigenvalue weighted by atomic mass is 9.44. The maximum Gasteiger partial charge on any atom is 0.338 e. The maximum atomic E-state index is 14.1. The minimum absolute atomic E-state index is 0.00282. The number of fused-ring (bicyclic) bond motifs is 5. The number of ether oxygens (including phenoxy) is 4. The number of rotatable bonds is 10. The van der Waals surface area contributed by atoms with Crippen molar-refractivity contribution in [3.8, 4) is 0 Å². The van der Waals surface area contributed by atoms with Crippen LogP contribution in [-0.4, -0.2) is 127 Å². The third-order valence-electron chi connectivity index (χ3n) is 13.2. The maximum absolute atomic E-state index is 14.1. The van der Waals surface area contributed by atoms with Crippen LogP contribution < -0.4 is 5.32 Å². The van der Waals surface area contributed by atoms with Gasteiger partial charge in [0.25, 0.3) is 5.91 Å². The molecule has 1 heterocycles. The summed E-state index contributed by atoms with van der Waals surface area (Å²) in [7, 11) is 0. The van der Waals surface area contributed by atoms with E-state index in [2.05, 4.69) is 5.32 Å². The van der Waals surface area contributed by atoms with Gasteiger partial charge in [-0.25, -0.2) is 9.59 Å². The van der Waals surface area contributed by atoms with Crippen LogP contribution in [0.15, 0.2) is 71.8 Å². The number of carbonyl (C=O) groups excluding carboxylic acids is 4. The van der Waals surface area contributed by atoms with Crippen LogP contribution in [0.4, 0.5) is 0 Å². The summed E-state index contributed by atoms with van der Waals surface area (Å²) >= 11 is 0. The number of carbonyl (C=O) groups is 4. The molecule has 1 amide bonds. The molecule has 0 aromatic heterocycles. The Morgan fingerprint density at radius 2 is 1.48 bits per heavy atom. The molecule has 58 heavy (non-hydrogen) atoms. The summed E-state index contributed by atoms with van der Waals surface area (Å²) in [5.41, 5.74) is -8.08. The van der Waals surface area contributed by atoms with Crippen molar-refractivity contribution < 1.29 is 68.8 Å². The molecule has 2 saturated carbocycles.